The topological polar surface area (TPSA) is 60.2 Å². The molecule has 0 aliphatic rings. The van der Waals surface area contributed by atoms with E-state index < -0.39 is 15.7 Å². The Morgan fingerprint density at radius 2 is 1.78 bits per heavy atom. The van der Waals surface area contributed by atoms with Crippen LogP contribution in [0.15, 0.2) is 53.4 Å². The van der Waals surface area contributed by atoms with Gasteiger partial charge in [-0.05, 0) is 29.8 Å². The molecule has 0 aliphatic carbocycles. The highest BCUT2D eigenvalue weighted by molar-refractivity contribution is 7.90. The van der Waals surface area contributed by atoms with E-state index in [2.05, 4.69) is 0 Å². The van der Waals surface area contributed by atoms with Crippen molar-refractivity contribution >= 4 is 15.5 Å². The molecular formula is C13H12FNO2S. The molecule has 3 nitrogen and oxygen atoms in total. The number of sulfone groups is 1. The lowest BCUT2D eigenvalue weighted by Gasteiger charge is -2.06. The van der Waals surface area contributed by atoms with Crippen LogP contribution in [-0.2, 0) is 15.6 Å². The van der Waals surface area contributed by atoms with Crippen LogP contribution in [0.3, 0.4) is 0 Å². The summed E-state index contributed by atoms with van der Waals surface area (Å²) in [6.45, 7) is 0. The first-order chi connectivity index (χ1) is 8.49. The quantitative estimate of drug-likeness (QED) is 0.867. The maximum Gasteiger partial charge on any atom is 0.185 e. The standard InChI is InChI=1S/C13H12FNO2S/c14-12-6-1-2-7-13(12)18(16,17)9-10-4-3-5-11(15)8-10/h1-8H,9,15H2. The zero-order valence-corrected chi connectivity index (χ0v) is 10.3. The number of anilines is 1. The molecule has 0 aromatic heterocycles. The summed E-state index contributed by atoms with van der Waals surface area (Å²) < 4.78 is 37.6. The fraction of sp³-hybridized carbons (Fsp3) is 0.0769. The van der Waals surface area contributed by atoms with Gasteiger partial charge in [-0.2, -0.15) is 0 Å². The third-order valence-corrected chi connectivity index (χ3v) is 4.19. The van der Waals surface area contributed by atoms with Crippen molar-refractivity contribution in [3.8, 4) is 0 Å². The summed E-state index contributed by atoms with van der Waals surface area (Å²) in [5, 5.41) is 0. The molecule has 0 fully saturated rings. The van der Waals surface area contributed by atoms with Gasteiger partial charge in [0.1, 0.15) is 10.7 Å². The SMILES string of the molecule is Nc1cccc(CS(=O)(=O)c2ccccc2F)c1. The number of nitrogens with two attached hydrogens (primary N) is 1. The smallest absolute Gasteiger partial charge is 0.185 e. The molecule has 18 heavy (non-hydrogen) atoms. The average molecular weight is 265 g/mol. The summed E-state index contributed by atoms with van der Waals surface area (Å²) in [5.74, 6) is -1.000. The van der Waals surface area contributed by atoms with Gasteiger partial charge >= 0.3 is 0 Å². The van der Waals surface area contributed by atoms with Gasteiger partial charge < -0.3 is 5.73 Å². The Labute approximate surface area is 105 Å². The van der Waals surface area contributed by atoms with Crippen LogP contribution >= 0.6 is 0 Å². The maximum atomic E-state index is 13.5. The van der Waals surface area contributed by atoms with Gasteiger partial charge in [-0.25, -0.2) is 12.8 Å². The minimum Gasteiger partial charge on any atom is -0.399 e. The van der Waals surface area contributed by atoms with Crippen LogP contribution in [0.5, 0.6) is 0 Å². The van der Waals surface area contributed by atoms with Crippen molar-refractivity contribution in [2.75, 3.05) is 5.73 Å². The second kappa shape index (κ2) is 4.78. The summed E-state index contributed by atoms with van der Waals surface area (Å²) >= 11 is 0. The van der Waals surface area contributed by atoms with E-state index in [0.717, 1.165) is 6.07 Å². The van der Waals surface area contributed by atoms with Crippen LogP contribution in [0.25, 0.3) is 0 Å². The van der Waals surface area contributed by atoms with Crippen LogP contribution < -0.4 is 5.73 Å². The maximum absolute atomic E-state index is 13.5. The number of hydrogen-bond donors (Lipinski definition) is 1. The Hall–Kier alpha value is -1.88. The van der Waals surface area contributed by atoms with Gasteiger partial charge in [0.2, 0.25) is 0 Å². The summed E-state index contributed by atoms with van der Waals surface area (Å²) in [6.07, 6.45) is 0. The summed E-state index contributed by atoms with van der Waals surface area (Å²) in [6, 6.07) is 11.9. The van der Waals surface area contributed by atoms with E-state index in [1.165, 1.54) is 18.2 Å². The molecule has 2 rings (SSSR count). The van der Waals surface area contributed by atoms with Gasteiger partial charge in [-0.3, -0.25) is 0 Å². The van der Waals surface area contributed by atoms with Crippen LogP contribution in [0.1, 0.15) is 5.56 Å². The van der Waals surface area contributed by atoms with Gasteiger partial charge in [0.15, 0.2) is 9.84 Å². The van der Waals surface area contributed by atoms with E-state index in [1.54, 1.807) is 24.3 Å². The first kappa shape index (κ1) is 12.6. The minimum absolute atomic E-state index is 0.265. The molecule has 0 atom stereocenters. The van der Waals surface area contributed by atoms with Gasteiger partial charge in [-0.15, -0.1) is 0 Å². The highest BCUT2D eigenvalue weighted by atomic mass is 32.2. The molecule has 5 heteroatoms. The normalized spacial score (nSPS) is 11.4. The zero-order valence-electron chi connectivity index (χ0n) is 9.51. The Morgan fingerprint density at radius 1 is 1.06 bits per heavy atom. The summed E-state index contributed by atoms with van der Waals surface area (Å²) in [5.41, 5.74) is 6.60. The molecule has 2 N–H and O–H groups in total. The lowest BCUT2D eigenvalue weighted by atomic mass is 10.2. The molecule has 0 unspecified atom stereocenters. The summed E-state index contributed by atoms with van der Waals surface area (Å²) in [7, 11) is -3.69. The van der Waals surface area contributed by atoms with E-state index in [4.69, 9.17) is 5.73 Å². The molecule has 0 bridgehead atoms. The molecule has 94 valence electrons. The van der Waals surface area contributed by atoms with E-state index in [-0.39, 0.29) is 10.6 Å². The van der Waals surface area contributed by atoms with E-state index in [1.807, 2.05) is 0 Å². The Kier molecular flexibility index (Phi) is 3.34. The number of halogens is 1. The third-order valence-electron chi connectivity index (χ3n) is 2.48. The van der Waals surface area contributed by atoms with Crippen molar-refractivity contribution in [3.05, 3.63) is 59.9 Å². The van der Waals surface area contributed by atoms with Crippen molar-refractivity contribution in [1.29, 1.82) is 0 Å². The van der Waals surface area contributed by atoms with E-state index in [0.29, 0.717) is 11.3 Å². The summed E-state index contributed by atoms with van der Waals surface area (Å²) in [4.78, 5) is -0.285. The lowest BCUT2D eigenvalue weighted by molar-refractivity contribution is 0.566. The molecule has 0 saturated carbocycles. The number of hydrogen-bond acceptors (Lipinski definition) is 3. The molecule has 0 radical (unpaired) electrons. The second-order valence-electron chi connectivity index (χ2n) is 3.93. The van der Waals surface area contributed by atoms with Crippen LogP contribution in [0.4, 0.5) is 10.1 Å². The first-order valence-corrected chi connectivity index (χ1v) is 6.96. The molecule has 0 amide bonds. The zero-order chi connectivity index (χ0) is 13.2. The molecule has 0 heterocycles. The van der Waals surface area contributed by atoms with Crippen molar-refractivity contribution in [1.82, 2.24) is 0 Å². The van der Waals surface area contributed by atoms with Crippen molar-refractivity contribution in [3.63, 3.8) is 0 Å². The predicted octanol–water partition coefficient (Wildman–Crippen LogP) is 2.38. The van der Waals surface area contributed by atoms with Crippen molar-refractivity contribution in [2.24, 2.45) is 0 Å². The Bertz CT molecular complexity index is 668. The molecule has 2 aromatic rings. The lowest BCUT2D eigenvalue weighted by Crippen LogP contribution is -2.07. The molecule has 0 aliphatic heterocycles. The fourth-order valence-electron chi connectivity index (χ4n) is 1.68. The molecule has 0 spiro atoms. The highest BCUT2D eigenvalue weighted by Gasteiger charge is 2.19. The van der Waals surface area contributed by atoms with Crippen LogP contribution in [0, 0.1) is 5.82 Å². The minimum atomic E-state index is -3.69. The van der Waals surface area contributed by atoms with E-state index >= 15 is 0 Å². The number of nitrogen functional groups attached to an aromatic ring is 1. The Morgan fingerprint density at radius 3 is 2.44 bits per heavy atom. The monoisotopic (exact) mass is 265 g/mol. The van der Waals surface area contributed by atoms with Gasteiger partial charge in [-0.1, -0.05) is 24.3 Å². The van der Waals surface area contributed by atoms with E-state index in [9.17, 15) is 12.8 Å². The van der Waals surface area contributed by atoms with Gasteiger partial charge in [0.25, 0.3) is 0 Å². The molecule has 2 aromatic carbocycles. The predicted molar refractivity (Wildman–Crippen MR) is 68.1 cm³/mol. The number of rotatable bonds is 3. The second-order valence-corrected chi connectivity index (χ2v) is 5.89. The van der Waals surface area contributed by atoms with Crippen LogP contribution in [-0.4, -0.2) is 8.42 Å². The first-order valence-electron chi connectivity index (χ1n) is 5.31. The fourth-order valence-corrected chi connectivity index (χ4v) is 3.10. The van der Waals surface area contributed by atoms with Crippen LogP contribution in [0.2, 0.25) is 0 Å². The van der Waals surface area contributed by atoms with Crippen molar-refractivity contribution in [2.45, 2.75) is 10.6 Å². The Balaban J connectivity index is 2.37. The third kappa shape index (κ3) is 2.68. The van der Waals surface area contributed by atoms with Gasteiger partial charge in [0, 0.05) is 5.69 Å². The number of benzene rings is 2. The van der Waals surface area contributed by atoms with Gasteiger partial charge in [0.05, 0.1) is 5.75 Å². The molecule has 0 saturated heterocycles. The average Bonchev–Trinajstić information content (AvgIpc) is 2.28. The largest absolute Gasteiger partial charge is 0.399 e. The molecular weight excluding hydrogens is 253 g/mol. The van der Waals surface area contributed by atoms with Crippen molar-refractivity contribution < 1.29 is 12.8 Å². The highest BCUT2D eigenvalue weighted by Crippen LogP contribution is 2.20.